The number of carbonyl (C=O) groups excluding carboxylic acids is 1. The average Bonchev–Trinajstić information content (AvgIpc) is 2.43. The second-order valence-electron chi connectivity index (χ2n) is 5.28. The van der Waals surface area contributed by atoms with Crippen LogP contribution in [0.5, 0.6) is 0 Å². The van der Waals surface area contributed by atoms with Crippen molar-refractivity contribution in [3.05, 3.63) is 34.9 Å². The Morgan fingerprint density at radius 2 is 2.30 bits per heavy atom. The molecule has 4 nitrogen and oxygen atoms in total. The zero-order chi connectivity index (χ0) is 14.7. The minimum atomic E-state index is -0.176. The first kappa shape index (κ1) is 15.3. The third-order valence-corrected chi connectivity index (χ3v) is 4.21. The van der Waals surface area contributed by atoms with Crippen LogP contribution in [0.1, 0.15) is 31.9 Å². The first-order valence-electron chi connectivity index (χ1n) is 7.09. The number of hydrogen-bond acceptors (Lipinski definition) is 3. The van der Waals surface area contributed by atoms with Gasteiger partial charge in [-0.25, -0.2) is 0 Å². The van der Waals surface area contributed by atoms with E-state index in [2.05, 4.69) is 17.1 Å². The lowest BCUT2D eigenvalue weighted by atomic mass is 9.94. The number of benzene rings is 1. The number of nitrogens with two attached hydrogens (primary N) is 1. The molecule has 0 aromatic heterocycles. The van der Waals surface area contributed by atoms with Crippen LogP contribution < -0.4 is 11.1 Å². The van der Waals surface area contributed by atoms with Gasteiger partial charge in [-0.1, -0.05) is 30.7 Å². The highest BCUT2D eigenvalue weighted by Crippen LogP contribution is 2.29. The summed E-state index contributed by atoms with van der Waals surface area (Å²) in [4.78, 5) is 14.1. The van der Waals surface area contributed by atoms with E-state index in [0.29, 0.717) is 11.6 Å². The van der Waals surface area contributed by atoms with Crippen molar-refractivity contribution in [2.45, 2.75) is 38.4 Å². The van der Waals surface area contributed by atoms with E-state index in [1.165, 1.54) is 0 Å². The van der Waals surface area contributed by atoms with E-state index in [1.54, 1.807) is 0 Å². The fourth-order valence-corrected chi connectivity index (χ4v) is 2.98. The van der Waals surface area contributed by atoms with Gasteiger partial charge in [0, 0.05) is 24.2 Å². The molecule has 0 aliphatic carbocycles. The number of rotatable bonds is 4. The molecule has 1 aromatic carbocycles. The van der Waals surface area contributed by atoms with Crippen LogP contribution in [0.15, 0.2) is 24.3 Å². The minimum Gasteiger partial charge on any atom is -0.353 e. The molecule has 1 aromatic rings. The Kier molecular flexibility index (Phi) is 5.02. The molecule has 3 unspecified atom stereocenters. The van der Waals surface area contributed by atoms with Gasteiger partial charge in [0.15, 0.2) is 0 Å². The SMILES string of the molecule is CCC(N)C(c1cccc(Cl)c1)N1CCNC(=O)C1C. The van der Waals surface area contributed by atoms with Gasteiger partial charge in [0.2, 0.25) is 5.91 Å². The normalized spacial score (nSPS) is 23.2. The predicted molar refractivity (Wildman–Crippen MR) is 81.6 cm³/mol. The lowest BCUT2D eigenvalue weighted by Gasteiger charge is -2.41. The van der Waals surface area contributed by atoms with Gasteiger partial charge in [0.1, 0.15) is 0 Å². The van der Waals surface area contributed by atoms with Gasteiger partial charge in [-0.05, 0) is 31.0 Å². The fourth-order valence-electron chi connectivity index (χ4n) is 2.78. The molecule has 0 bridgehead atoms. The Hall–Kier alpha value is -1.10. The summed E-state index contributed by atoms with van der Waals surface area (Å²) in [6.45, 7) is 5.46. The Morgan fingerprint density at radius 3 is 2.95 bits per heavy atom. The quantitative estimate of drug-likeness (QED) is 0.892. The Bertz CT molecular complexity index is 480. The highest BCUT2D eigenvalue weighted by molar-refractivity contribution is 6.30. The van der Waals surface area contributed by atoms with Crippen LogP contribution in [0.3, 0.4) is 0 Å². The largest absolute Gasteiger partial charge is 0.353 e. The van der Waals surface area contributed by atoms with Crippen molar-refractivity contribution in [2.75, 3.05) is 13.1 Å². The zero-order valence-electron chi connectivity index (χ0n) is 12.0. The molecule has 1 aliphatic heterocycles. The molecule has 5 heteroatoms. The maximum absolute atomic E-state index is 11.9. The van der Waals surface area contributed by atoms with E-state index in [1.807, 2.05) is 31.2 Å². The van der Waals surface area contributed by atoms with Gasteiger partial charge in [-0.15, -0.1) is 0 Å². The molecule has 1 saturated heterocycles. The van der Waals surface area contributed by atoms with Crippen LogP contribution >= 0.6 is 11.6 Å². The monoisotopic (exact) mass is 295 g/mol. The third kappa shape index (κ3) is 3.14. The highest BCUT2D eigenvalue weighted by atomic mass is 35.5. The predicted octanol–water partition coefficient (Wildman–Crippen LogP) is 1.94. The van der Waals surface area contributed by atoms with E-state index in [-0.39, 0.29) is 24.0 Å². The number of hydrogen-bond donors (Lipinski definition) is 2. The molecule has 3 atom stereocenters. The summed E-state index contributed by atoms with van der Waals surface area (Å²) in [5.41, 5.74) is 7.40. The van der Waals surface area contributed by atoms with E-state index in [0.717, 1.165) is 18.5 Å². The Balaban J connectivity index is 2.34. The standard InChI is InChI=1S/C15H22ClN3O/c1-3-13(17)14(11-5-4-6-12(16)9-11)19-8-7-18-15(20)10(19)2/h4-6,9-10,13-14H,3,7-8,17H2,1-2H3,(H,18,20). The summed E-state index contributed by atoms with van der Waals surface area (Å²) in [7, 11) is 0. The highest BCUT2D eigenvalue weighted by Gasteiger charge is 2.34. The van der Waals surface area contributed by atoms with Crippen molar-refractivity contribution in [3.8, 4) is 0 Å². The molecule has 1 fully saturated rings. The molecule has 0 radical (unpaired) electrons. The molecule has 1 aliphatic rings. The molecule has 0 spiro atoms. The summed E-state index contributed by atoms with van der Waals surface area (Å²) >= 11 is 6.10. The van der Waals surface area contributed by atoms with Crippen molar-refractivity contribution in [2.24, 2.45) is 5.73 Å². The molecule has 1 heterocycles. The Morgan fingerprint density at radius 1 is 1.55 bits per heavy atom. The molecule has 20 heavy (non-hydrogen) atoms. The number of carbonyl (C=O) groups is 1. The first-order valence-corrected chi connectivity index (χ1v) is 7.47. The average molecular weight is 296 g/mol. The molecule has 3 N–H and O–H groups in total. The molecule has 2 rings (SSSR count). The van der Waals surface area contributed by atoms with Crippen LogP contribution in [0.25, 0.3) is 0 Å². The van der Waals surface area contributed by atoms with E-state index in [9.17, 15) is 4.79 Å². The maximum atomic E-state index is 11.9. The first-order chi connectivity index (χ1) is 9.54. The third-order valence-electron chi connectivity index (χ3n) is 3.97. The second kappa shape index (κ2) is 6.57. The number of nitrogens with one attached hydrogen (secondary N) is 1. The summed E-state index contributed by atoms with van der Waals surface area (Å²) in [5, 5.41) is 3.59. The number of piperazine rings is 1. The second-order valence-corrected chi connectivity index (χ2v) is 5.71. The van der Waals surface area contributed by atoms with Gasteiger partial charge >= 0.3 is 0 Å². The van der Waals surface area contributed by atoms with Crippen molar-refractivity contribution in [3.63, 3.8) is 0 Å². The topological polar surface area (TPSA) is 58.4 Å². The van der Waals surface area contributed by atoms with E-state index in [4.69, 9.17) is 17.3 Å². The van der Waals surface area contributed by atoms with E-state index >= 15 is 0 Å². The number of amides is 1. The smallest absolute Gasteiger partial charge is 0.237 e. The van der Waals surface area contributed by atoms with Gasteiger partial charge in [0.05, 0.1) is 12.1 Å². The molecular formula is C15H22ClN3O. The van der Waals surface area contributed by atoms with Gasteiger partial charge in [-0.3, -0.25) is 9.69 Å². The molecular weight excluding hydrogens is 274 g/mol. The molecule has 0 saturated carbocycles. The van der Waals surface area contributed by atoms with Gasteiger partial charge in [0.25, 0.3) is 0 Å². The van der Waals surface area contributed by atoms with E-state index < -0.39 is 0 Å². The summed E-state index contributed by atoms with van der Waals surface area (Å²) in [6.07, 6.45) is 0.849. The van der Waals surface area contributed by atoms with Crippen LogP contribution in [-0.4, -0.2) is 36.0 Å². The maximum Gasteiger partial charge on any atom is 0.237 e. The van der Waals surface area contributed by atoms with Crippen LogP contribution in [0, 0.1) is 0 Å². The van der Waals surface area contributed by atoms with Crippen LogP contribution in [0.4, 0.5) is 0 Å². The Labute approximate surface area is 125 Å². The number of halogens is 1. The van der Waals surface area contributed by atoms with Crippen molar-refractivity contribution < 1.29 is 4.79 Å². The number of nitrogens with zero attached hydrogens (tertiary/aromatic N) is 1. The van der Waals surface area contributed by atoms with Crippen LogP contribution in [-0.2, 0) is 4.79 Å². The molecule has 1 amide bonds. The van der Waals surface area contributed by atoms with Crippen molar-refractivity contribution >= 4 is 17.5 Å². The fraction of sp³-hybridized carbons (Fsp3) is 0.533. The van der Waals surface area contributed by atoms with Gasteiger partial charge < -0.3 is 11.1 Å². The lowest BCUT2D eigenvalue weighted by molar-refractivity contribution is -0.129. The lowest BCUT2D eigenvalue weighted by Crippen LogP contribution is -2.57. The van der Waals surface area contributed by atoms with Crippen molar-refractivity contribution in [1.82, 2.24) is 10.2 Å². The van der Waals surface area contributed by atoms with Crippen molar-refractivity contribution in [1.29, 1.82) is 0 Å². The van der Waals surface area contributed by atoms with Gasteiger partial charge in [-0.2, -0.15) is 0 Å². The summed E-state index contributed by atoms with van der Waals surface area (Å²) in [5.74, 6) is 0.0616. The van der Waals surface area contributed by atoms with Crippen LogP contribution in [0.2, 0.25) is 5.02 Å². The molecule has 110 valence electrons. The summed E-state index contributed by atoms with van der Waals surface area (Å²) < 4.78 is 0. The summed E-state index contributed by atoms with van der Waals surface area (Å²) in [6, 6.07) is 7.58. The minimum absolute atomic E-state index is 0.0137. The zero-order valence-corrected chi connectivity index (χ0v) is 12.7.